The topological polar surface area (TPSA) is 48.3 Å². The number of hydrazone groups is 2. The number of Topliss-reactive ketones (excluding diaryl/α,β-unsaturated/α-hetero) is 1. The number of carbonyl (C=O) groups excluding carboxylic acids is 1. The number of hydrogen-bond acceptors (Lipinski definition) is 6. The van der Waals surface area contributed by atoms with Crippen molar-refractivity contribution in [2.75, 3.05) is 10.0 Å². The van der Waals surface area contributed by atoms with E-state index < -0.39 is 4.99 Å². The average Bonchev–Trinajstić information content (AvgIpc) is 3.35. The van der Waals surface area contributed by atoms with Crippen LogP contribution < -0.4 is 10.0 Å². The Labute approximate surface area is 244 Å². The molecule has 0 N–H and O–H groups in total. The van der Waals surface area contributed by atoms with E-state index in [1.165, 1.54) is 17.3 Å². The van der Waals surface area contributed by atoms with Gasteiger partial charge in [0.2, 0.25) is 4.99 Å². The zero-order chi connectivity index (χ0) is 28.1. The zero-order valence-corrected chi connectivity index (χ0v) is 24.4. The van der Waals surface area contributed by atoms with Crippen LogP contribution in [-0.4, -0.2) is 16.5 Å². The SMILES string of the molecule is CC(=O)C1=NN(c2ccc(Cl)cc2)C2(S1)c1ccccc1C(c1ccc(C(C)(C)C)cc1)=NN2c1ccccc1. The van der Waals surface area contributed by atoms with Crippen LogP contribution in [-0.2, 0) is 15.2 Å². The number of fused-ring (bicyclic) bond motifs is 2. The molecule has 2 aliphatic heterocycles. The summed E-state index contributed by atoms with van der Waals surface area (Å²) >= 11 is 7.67. The fourth-order valence-electron chi connectivity index (χ4n) is 5.07. The lowest BCUT2D eigenvalue weighted by Crippen LogP contribution is -2.54. The van der Waals surface area contributed by atoms with Gasteiger partial charge in [-0.25, -0.2) is 10.0 Å². The Hall–Kier alpha value is -3.87. The molecule has 4 aromatic rings. The summed E-state index contributed by atoms with van der Waals surface area (Å²) in [7, 11) is 0. The Kier molecular flexibility index (Phi) is 6.56. The number of ketones is 1. The Balaban J connectivity index is 1.62. The normalized spacial score (nSPS) is 18.4. The minimum absolute atomic E-state index is 0.0466. The van der Waals surface area contributed by atoms with Crippen molar-refractivity contribution in [3.05, 3.63) is 130 Å². The number of para-hydroxylation sites is 1. The highest BCUT2D eigenvalue weighted by Gasteiger charge is 2.55. The number of nitrogens with zero attached hydrogens (tertiary/aromatic N) is 4. The van der Waals surface area contributed by atoms with E-state index >= 15 is 0 Å². The number of hydrogen-bond donors (Lipinski definition) is 0. The van der Waals surface area contributed by atoms with Crippen LogP contribution in [0.1, 0.15) is 49.9 Å². The molecule has 1 unspecified atom stereocenters. The van der Waals surface area contributed by atoms with E-state index in [1.807, 2.05) is 76.7 Å². The number of halogens is 1. The lowest BCUT2D eigenvalue weighted by atomic mass is 9.85. The van der Waals surface area contributed by atoms with Gasteiger partial charge in [0.25, 0.3) is 0 Å². The van der Waals surface area contributed by atoms with Crippen molar-refractivity contribution in [1.82, 2.24) is 0 Å². The number of carbonyl (C=O) groups is 1. The van der Waals surface area contributed by atoms with Gasteiger partial charge in [-0.15, -0.1) is 0 Å². The summed E-state index contributed by atoms with van der Waals surface area (Å²) in [4.78, 5) is 11.8. The fraction of sp³-hybridized carbons (Fsp3) is 0.182. The minimum Gasteiger partial charge on any atom is -0.292 e. The molecule has 0 radical (unpaired) electrons. The predicted molar refractivity (Wildman–Crippen MR) is 167 cm³/mol. The van der Waals surface area contributed by atoms with Crippen molar-refractivity contribution in [2.45, 2.75) is 38.1 Å². The van der Waals surface area contributed by atoms with Gasteiger partial charge >= 0.3 is 0 Å². The van der Waals surface area contributed by atoms with Crippen LogP contribution in [0.4, 0.5) is 11.4 Å². The van der Waals surface area contributed by atoms with Gasteiger partial charge in [-0.3, -0.25) is 4.79 Å². The number of rotatable bonds is 4. The molecule has 2 heterocycles. The van der Waals surface area contributed by atoms with Crippen molar-refractivity contribution < 1.29 is 4.79 Å². The molecule has 1 spiro atoms. The first kappa shape index (κ1) is 26.4. The summed E-state index contributed by atoms with van der Waals surface area (Å²) in [6.07, 6.45) is 0. The first-order valence-corrected chi connectivity index (χ1v) is 14.4. The summed E-state index contributed by atoms with van der Waals surface area (Å²) in [5, 5.41) is 15.2. The van der Waals surface area contributed by atoms with E-state index in [2.05, 4.69) is 57.2 Å². The minimum atomic E-state index is -0.984. The molecule has 0 saturated heterocycles. The highest BCUT2D eigenvalue weighted by molar-refractivity contribution is 8.17. The quantitative estimate of drug-likeness (QED) is 0.251. The third kappa shape index (κ3) is 4.41. The molecular formula is C33H29ClN4OS. The Morgan fingerprint density at radius 3 is 2.02 bits per heavy atom. The molecule has 1 atom stereocenters. The van der Waals surface area contributed by atoms with Crippen LogP contribution in [0.25, 0.3) is 0 Å². The summed E-state index contributed by atoms with van der Waals surface area (Å²) < 4.78 is 0. The zero-order valence-electron chi connectivity index (χ0n) is 22.8. The van der Waals surface area contributed by atoms with Crippen LogP contribution in [0, 0.1) is 0 Å². The first-order chi connectivity index (χ1) is 19.2. The van der Waals surface area contributed by atoms with Crippen molar-refractivity contribution in [3.8, 4) is 0 Å². The maximum atomic E-state index is 12.8. The van der Waals surface area contributed by atoms with Crippen molar-refractivity contribution in [1.29, 1.82) is 0 Å². The van der Waals surface area contributed by atoms with E-state index in [-0.39, 0.29) is 11.2 Å². The van der Waals surface area contributed by atoms with Crippen molar-refractivity contribution in [3.63, 3.8) is 0 Å². The molecule has 0 aromatic heterocycles. The van der Waals surface area contributed by atoms with Crippen LogP contribution in [0.5, 0.6) is 0 Å². The third-order valence-electron chi connectivity index (χ3n) is 7.13. The molecule has 2 aliphatic rings. The molecule has 0 saturated carbocycles. The van der Waals surface area contributed by atoms with E-state index in [9.17, 15) is 4.79 Å². The second kappa shape index (κ2) is 9.95. The maximum absolute atomic E-state index is 12.8. The molecule has 4 aromatic carbocycles. The van der Waals surface area contributed by atoms with Gasteiger partial charge < -0.3 is 0 Å². The molecule has 0 aliphatic carbocycles. The summed E-state index contributed by atoms with van der Waals surface area (Å²) in [6.45, 7) is 8.20. The van der Waals surface area contributed by atoms with Crippen molar-refractivity contribution >= 4 is 51.3 Å². The molecular weight excluding hydrogens is 536 g/mol. The largest absolute Gasteiger partial charge is 0.292 e. The van der Waals surface area contributed by atoms with Gasteiger partial charge in [0.05, 0.1) is 17.1 Å². The Morgan fingerprint density at radius 1 is 0.775 bits per heavy atom. The smallest absolute Gasteiger partial charge is 0.234 e. The molecule has 0 fully saturated rings. The van der Waals surface area contributed by atoms with Gasteiger partial charge in [0, 0.05) is 28.6 Å². The van der Waals surface area contributed by atoms with Gasteiger partial charge in [0.15, 0.2) is 10.8 Å². The maximum Gasteiger partial charge on any atom is 0.234 e. The van der Waals surface area contributed by atoms with Gasteiger partial charge in [-0.1, -0.05) is 99.1 Å². The van der Waals surface area contributed by atoms with E-state index in [1.54, 1.807) is 6.92 Å². The summed E-state index contributed by atoms with van der Waals surface area (Å²) in [5.41, 5.74) is 6.85. The number of anilines is 2. The van der Waals surface area contributed by atoms with Gasteiger partial charge in [-0.05, 0) is 59.1 Å². The first-order valence-electron chi connectivity index (χ1n) is 13.2. The van der Waals surface area contributed by atoms with Crippen LogP contribution in [0.15, 0.2) is 113 Å². The second-order valence-electron chi connectivity index (χ2n) is 10.9. The van der Waals surface area contributed by atoms with Crippen molar-refractivity contribution in [2.24, 2.45) is 10.2 Å². The number of benzene rings is 4. The molecule has 200 valence electrons. The van der Waals surface area contributed by atoms with E-state index in [0.29, 0.717) is 10.1 Å². The second-order valence-corrected chi connectivity index (χ2v) is 12.5. The third-order valence-corrected chi connectivity index (χ3v) is 8.80. The Morgan fingerprint density at radius 2 is 1.38 bits per heavy atom. The van der Waals surface area contributed by atoms with Crippen LogP contribution in [0.3, 0.4) is 0 Å². The Bertz CT molecular complexity index is 1640. The number of thioether (sulfide) groups is 1. The summed E-state index contributed by atoms with van der Waals surface area (Å²) in [5.74, 6) is -0.0983. The van der Waals surface area contributed by atoms with E-state index in [4.69, 9.17) is 21.8 Å². The standard InChI is InChI=1S/C33H29ClN4OS/c1-22(39)31-36-38(27-20-18-25(34)19-21-27)33(40-31)29-13-9-8-12-28(29)30(35-37(33)26-10-6-5-7-11-26)23-14-16-24(17-15-23)32(2,3)4/h5-21H,1-4H3. The molecule has 0 bridgehead atoms. The highest BCUT2D eigenvalue weighted by Crippen LogP contribution is 2.55. The molecule has 6 rings (SSSR count). The van der Waals surface area contributed by atoms with Gasteiger partial charge in [-0.2, -0.15) is 10.2 Å². The molecule has 7 heteroatoms. The predicted octanol–water partition coefficient (Wildman–Crippen LogP) is 8.18. The van der Waals surface area contributed by atoms with Crippen LogP contribution >= 0.6 is 23.4 Å². The van der Waals surface area contributed by atoms with Crippen LogP contribution in [0.2, 0.25) is 5.02 Å². The van der Waals surface area contributed by atoms with E-state index in [0.717, 1.165) is 33.8 Å². The molecule has 0 amide bonds. The highest BCUT2D eigenvalue weighted by atomic mass is 35.5. The summed E-state index contributed by atoms with van der Waals surface area (Å²) in [6, 6.07) is 34.5. The lowest BCUT2D eigenvalue weighted by Gasteiger charge is -2.47. The van der Waals surface area contributed by atoms with Gasteiger partial charge in [0.1, 0.15) is 0 Å². The molecule has 40 heavy (non-hydrogen) atoms. The molecule has 5 nitrogen and oxygen atoms in total. The lowest BCUT2D eigenvalue weighted by molar-refractivity contribution is -0.110. The monoisotopic (exact) mass is 564 g/mol. The fourth-order valence-corrected chi connectivity index (χ4v) is 6.48. The average molecular weight is 565 g/mol.